The van der Waals surface area contributed by atoms with Gasteiger partial charge >= 0.3 is 12.1 Å². The van der Waals surface area contributed by atoms with Crippen LogP contribution >= 0.6 is 0 Å². The lowest BCUT2D eigenvalue weighted by Crippen LogP contribution is -2.52. The van der Waals surface area contributed by atoms with Gasteiger partial charge in [0, 0.05) is 19.0 Å². The lowest BCUT2D eigenvalue weighted by atomic mass is 9.99. The van der Waals surface area contributed by atoms with E-state index in [-0.39, 0.29) is 37.5 Å². The molecule has 0 aliphatic heterocycles. The van der Waals surface area contributed by atoms with Gasteiger partial charge in [0.2, 0.25) is 5.91 Å². The fourth-order valence-electron chi connectivity index (χ4n) is 3.83. The van der Waals surface area contributed by atoms with Crippen LogP contribution in [0.15, 0.2) is 42.5 Å². The molecule has 0 aromatic heterocycles. The first-order chi connectivity index (χ1) is 19.2. The monoisotopic (exact) mass is 567 g/mol. The van der Waals surface area contributed by atoms with Gasteiger partial charge in [0.25, 0.3) is 5.91 Å². The zero-order valence-corrected chi connectivity index (χ0v) is 23.9. The van der Waals surface area contributed by atoms with Crippen LogP contribution in [0.3, 0.4) is 0 Å². The second-order valence-electron chi connectivity index (χ2n) is 10.2. The number of amides is 3. The van der Waals surface area contributed by atoms with Crippen molar-refractivity contribution in [3.05, 3.63) is 59.2 Å². The number of ether oxygens (including phenoxy) is 2. The maximum absolute atomic E-state index is 13.9. The van der Waals surface area contributed by atoms with E-state index in [1.165, 1.54) is 30.3 Å². The molecule has 0 fully saturated rings. The molecule has 0 spiro atoms. The van der Waals surface area contributed by atoms with Crippen molar-refractivity contribution in [3.8, 4) is 24.0 Å². The lowest BCUT2D eigenvalue weighted by molar-refractivity contribution is -0.143. The number of rotatable bonds is 11. The summed E-state index contributed by atoms with van der Waals surface area (Å²) in [6, 6.07) is 9.98. The summed E-state index contributed by atoms with van der Waals surface area (Å²) in [5, 5.41) is 24.8. The SMILES string of the molecule is C#CN(C(=O)C(Cc1ccc(O)cc1)NC(=O)OC(C)(C)C)C(C(=O)NCCC(=O)OCC)c1ccc(O)c(C)c1. The zero-order valence-electron chi connectivity index (χ0n) is 23.9. The van der Waals surface area contributed by atoms with Gasteiger partial charge in [0.15, 0.2) is 0 Å². The Bertz CT molecular complexity index is 1280. The smallest absolute Gasteiger partial charge is 0.408 e. The van der Waals surface area contributed by atoms with E-state index in [9.17, 15) is 29.4 Å². The Labute approximate surface area is 239 Å². The predicted molar refractivity (Wildman–Crippen MR) is 150 cm³/mol. The average molecular weight is 568 g/mol. The highest BCUT2D eigenvalue weighted by Gasteiger charge is 2.36. The number of esters is 1. The van der Waals surface area contributed by atoms with Crippen LogP contribution in [0, 0.1) is 19.4 Å². The molecule has 2 atom stereocenters. The highest BCUT2D eigenvalue weighted by Crippen LogP contribution is 2.27. The summed E-state index contributed by atoms with van der Waals surface area (Å²) in [4.78, 5) is 52.7. The average Bonchev–Trinajstić information content (AvgIpc) is 2.88. The molecule has 0 saturated carbocycles. The molecule has 3 amide bonds. The van der Waals surface area contributed by atoms with E-state index in [2.05, 4.69) is 16.7 Å². The van der Waals surface area contributed by atoms with E-state index in [4.69, 9.17) is 15.9 Å². The minimum Gasteiger partial charge on any atom is -0.508 e. The molecule has 41 heavy (non-hydrogen) atoms. The molecule has 11 heteroatoms. The Balaban J connectivity index is 2.46. The van der Waals surface area contributed by atoms with Crippen molar-refractivity contribution in [2.45, 2.75) is 65.1 Å². The molecule has 2 unspecified atom stereocenters. The van der Waals surface area contributed by atoms with Gasteiger partial charge in [-0.05, 0) is 75.6 Å². The van der Waals surface area contributed by atoms with E-state index in [1.54, 1.807) is 46.8 Å². The highest BCUT2D eigenvalue weighted by molar-refractivity contribution is 5.93. The molecule has 0 radical (unpaired) electrons. The third kappa shape index (κ3) is 10.1. The summed E-state index contributed by atoms with van der Waals surface area (Å²) in [7, 11) is 0. The molecule has 2 rings (SSSR count). The van der Waals surface area contributed by atoms with Crippen LogP contribution < -0.4 is 10.6 Å². The molecule has 2 aromatic carbocycles. The van der Waals surface area contributed by atoms with Gasteiger partial charge in [-0.15, -0.1) is 0 Å². The van der Waals surface area contributed by atoms with Gasteiger partial charge in [-0.25, -0.2) is 4.79 Å². The predicted octanol–water partition coefficient (Wildman–Crippen LogP) is 3.07. The number of aromatic hydroxyl groups is 2. The standard InChI is InChI=1S/C30H37N3O8/c1-7-33(26(21-11-14-24(35)19(3)17-21)27(37)31-16-15-25(36)40-8-2)28(38)23(32-29(39)41-30(4,5)6)18-20-9-12-22(34)13-10-20/h1,9-14,17,23,26,34-35H,8,15-16,18H2,2-6H3,(H,31,37)(H,32,39). The molecule has 4 N–H and O–H groups in total. The summed E-state index contributed by atoms with van der Waals surface area (Å²) < 4.78 is 10.2. The number of phenols is 2. The van der Waals surface area contributed by atoms with Gasteiger partial charge in [-0.2, -0.15) is 0 Å². The molecular weight excluding hydrogens is 530 g/mol. The zero-order chi connectivity index (χ0) is 30.7. The Morgan fingerprint density at radius 2 is 1.73 bits per heavy atom. The molecule has 2 aromatic rings. The van der Waals surface area contributed by atoms with Crippen molar-refractivity contribution in [2.75, 3.05) is 13.2 Å². The number of alkyl carbamates (subject to hydrolysis) is 1. The van der Waals surface area contributed by atoms with Crippen LogP contribution in [-0.2, 0) is 30.3 Å². The number of hydrogen-bond donors (Lipinski definition) is 4. The number of benzene rings is 2. The second-order valence-corrected chi connectivity index (χ2v) is 10.2. The van der Waals surface area contributed by atoms with Crippen LogP contribution in [0.2, 0.25) is 0 Å². The Morgan fingerprint density at radius 3 is 2.29 bits per heavy atom. The third-order valence-corrected chi connectivity index (χ3v) is 5.72. The Kier molecular flexibility index (Phi) is 11.6. The van der Waals surface area contributed by atoms with Gasteiger partial charge in [-0.3, -0.25) is 19.3 Å². The first kappa shape index (κ1) is 32.5. The van der Waals surface area contributed by atoms with E-state index in [1.807, 2.05) is 0 Å². The second kappa shape index (κ2) is 14.6. The summed E-state index contributed by atoms with van der Waals surface area (Å²) >= 11 is 0. The van der Waals surface area contributed by atoms with Crippen LogP contribution in [0.4, 0.5) is 4.79 Å². The Morgan fingerprint density at radius 1 is 1.07 bits per heavy atom. The number of terminal acetylenes is 1. The van der Waals surface area contributed by atoms with Gasteiger partial charge in [-0.1, -0.05) is 24.6 Å². The number of carbonyl (C=O) groups is 4. The molecular formula is C30H37N3O8. The minimum absolute atomic E-state index is 0.0178. The molecule has 0 heterocycles. The maximum atomic E-state index is 13.9. The van der Waals surface area contributed by atoms with Crippen LogP contribution in [0.1, 0.15) is 56.8 Å². The van der Waals surface area contributed by atoms with Gasteiger partial charge < -0.3 is 30.3 Å². The number of aryl methyl sites for hydroxylation is 1. The van der Waals surface area contributed by atoms with E-state index < -0.39 is 41.6 Å². The van der Waals surface area contributed by atoms with E-state index in [0.717, 1.165) is 4.90 Å². The lowest BCUT2D eigenvalue weighted by Gasteiger charge is -2.30. The largest absolute Gasteiger partial charge is 0.508 e. The molecule has 11 nitrogen and oxygen atoms in total. The minimum atomic E-state index is -1.38. The first-order valence-corrected chi connectivity index (χ1v) is 13.0. The van der Waals surface area contributed by atoms with E-state index in [0.29, 0.717) is 16.7 Å². The highest BCUT2D eigenvalue weighted by atomic mass is 16.6. The normalized spacial score (nSPS) is 12.3. The van der Waals surface area contributed by atoms with Crippen LogP contribution in [-0.4, -0.2) is 63.8 Å². The van der Waals surface area contributed by atoms with Crippen molar-refractivity contribution < 1.29 is 38.9 Å². The fourth-order valence-corrected chi connectivity index (χ4v) is 3.83. The van der Waals surface area contributed by atoms with Crippen molar-refractivity contribution in [1.29, 1.82) is 0 Å². The Hall–Kier alpha value is -4.72. The van der Waals surface area contributed by atoms with Crippen LogP contribution in [0.5, 0.6) is 11.5 Å². The summed E-state index contributed by atoms with van der Waals surface area (Å²) in [5.74, 6) is -1.99. The van der Waals surface area contributed by atoms with Gasteiger partial charge in [0.05, 0.1) is 13.0 Å². The van der Waals surface area contributed by atoms with Crippen molar-refractivity contribution in [2.24, 2.45) is 0 Å². The van der Waals surface area contributed by atoms with E-state index >= 15 is 0 Å². The summed E-state index contributed by atoms with van der Waals surface area (Å²) in [5.41, 5.74) is 0.460. The number of nitrogens with one attached hydrogen (secondary N) is 2. The first-order valence-electron chi connectivity index (χ1n) is 13.0. The summed E-state index contributed by atoms with van der Waals surface area (Å²) in [6.07, 6.45) is 4.78. The van der Waals surface area contributed by atoms with Gasteiger partial charge in [0.1, 0.15) is 29.2 Å². The molecule has 0 bridgehead atoms. The quantitative estimate of drug-likeness (QED) is 0.184. The molecule has 0 aliphatic carbocycles. The van der Waals surface area contributed by atoms with Crippen molar-refractivity contribution in [3.63, 3.8) is 0 Å². The number of phenolic OH excluding ortho intramolecular Hbond substituents is 2. The topological polar surface area (TPSA) is 154 Å². The van der Waals surface area contributed by atoms with Crippen molar-refractivity contribution in [1.82, 2.24) is 15.5 Å². The fraction of sp³-hybridized carbons (Fsp3) is 0.400. The molecule has 0 aliphatic rings. The number of carbonyl (C=O) groups excluding carboxylic acids is 4. The third-order valence-electron chi connectivity index (χ3n) is 5.72. The molecule has 220 valence electrons. The maximum Gasteiger partial charge on any atom is 0.408 e. The molecule has 0 saturated heterocycles. The number of nitrogens with zero attached hydrogens (tertiary/aromatic N) is 1. The van der Waals surface area contributed by atoms with Crippen LogP contribution in [0.25, 0.3) is 0 Å². The van der Waals surface area contributed by atoms with Crippen molar-refractivity contribution >= 4 is 23.9 Å². The number of hydrogen-bond acceptors (Lipinski definition) is 8. The summed E-state index contributed by atoms with van der Waals surface area (Å²) in [6.45, 7) is 8.40.